The molecule has 0 saturated carbocycles. The molecular formula is C12H14N8OS. The lowest BCUT2D eigenvalue weighted by Crippen LogP contribution is -2.14. The summed E-state index contributed by atoms with van der Waals surface area (Å²) >= 11 is 1.16. The number of aromatic nitrogens is 7. The minimum atomic E-state index is -0.315. The van der Waals surface area contributed by atoms with Gasteiger partial charge in [-0.3, -0.25) is 9.48 Å². The van der Waals surface area contributed by atoms with Gasteiger partial charge in [-0.1, -0.05) is 5.21 Å². The second-order valence-corrected chi connectivity index (χ2v) is 5.36. The Morgan fingerprint density at radius 2 is 2.18 bits per heavy atom. The number of carbonyl (C=O) groups is 1. The standard InChI is InChI=1S/C12H14N8OS/c1-7-10(17-22-16-7)6-20-8(2)11(15-18-20)12(21)14-9-4-13-19(3)5-9/h4-5H,6H2,1-3H3,(H,14,21). The topological polar surface area (TPSA) is 103 Å². The molecule has 114 valence electrons. The number of hydrogen-bond acceptors (Lipinski definition) is 7. The van der Waals surface area contributed by atoms with E-state index in [1.54, 1.807) is 35.7 Å². The SMILES string of the molecule is Cc1nsnc1Cn1nnc(C(=O)Nc2cnn(C)c2)c1C. The van der Waals surface area contributed by atoms with Crippen LogP contribution in [0.3, 0.4) is 0 Å². The van der Waals surface area contributed by atoms with Crippen molar-refractivity contribution >= 4 is 23.3 Å². The lowest BCUT2D eigenvalue weighted by molar-refractivity contribution is 0.102. The number of nitrogens with one attached hydrogen (secondary N) is 1. The average Bonchev–Trinajstić information content (AvgIpc) is 3.15. The van der Waals surface area contributed by atoms with Crippen LogP contribution in [-0.2, 0) is 13.6 Å². The van der Waals surface area contributed by atoms with Crippen molar-refractivity contribution in [3.63, 3.8) is 0 Å². The highest BCUT2D eigenvalue weighted by Crippen LogP contribution is 2.12. The molecule has 22 heavy (non-hydrogen) atoms. The fraction of sp³-hybridized carbons (Fsp3) is 0.333. The molecule has 9 nitrogen and oxygen atoms in total. The molecule has 0 aliphatic rings. The summed E-state index contributed by atoms with van der Waals surface area (Å²) in [5.74, 6) is -0.315. The van der Waals surface area contributed by atoms with Crippen molar-refractivity contribution in [2.24, 2.45) is 7.05 Å². The Balaban J connectivity index is 1.78. The number of aryl methyl sites for hydroxylation is 2. The van der Waals surface area contributed by atoms with Crippen molar-refractivity contribution in [1.82, 2.24) is 33.5 Å². The zero-order chi connectivity index (χ0) is 15.7. The van der Waals surface area contributed by atoms with E-state index in [1.807, 2.05) is 6.92 Å². The van der Waals surface area contributed by atoms with E-state index in [-0.39, 0.29) is 11.6 Å². The largest absolute Gasteiger partial charge is 0.318 e. The minimum absolute atomic E-state index is 0.282. The van der Waals surface area contributed by atoms with E-state index >= 15 is 0 Å². The van der Waals surface area contributed by atoms with Gasteiger partial charge in [0.15, 0.2) is 5.69 Å². The van der Waals surface area contributed by atoms with Gasteiger partial charge in [0.25, 0.3) is 5.91 Å². The highest BCUT2D eigenvalue weighted by atomic mass is 32.1. The van der Waals surface area contributed by atoms with E-state index in [9.17, 15) is 4.79 Å². The van der Waals surface area contributed by atoms with Gasteiger partial charge in [0.05, 0.1) is 47.2 Å². The maximum absolute atomic E-state index is 12.2. The van der Waals surface area contributed by atoms with Crippen LogP contribution in [-0.4, -0.2) is 39.4 Å². The number of amides is 1. The number of rotatable bonds is 4. The summed E-state index contributed by atoms with van der Waals surface area (Å²) in [6.45, 7) is 4.13. The van der Waals surface area contributed by atoms with Crippen LogP contribution < -0.4 is 5.32 Å². The maximum Gasteiger partial charge on any atom is 0.278 e. The summed E-state index contributed by atoms with van der Waals surface area (Å²) < 4.78 is 11.6. The van der Waals surface area contributed by atoms with E-state index in [0.29, 0.717) is 17.9 Å². The molecule has 3 aromatic heterocycles. The van der Waals surface area contributed by atoms with Gasteiger partial charge in [0.1, 0.15) is 0 Å². The monoisotopic (exact) mass is 318 g/mol. The molecule has 10 heteroatoms. The van der Waals surface area contributed by atoms with Crippen LogP contribution in [0.4, 0.5) is 5.69 Å². The molecular weight excluding hydrogens is 304 g/mol. The van der Waals surface area contributed by atoms with Crippen molar-refractivity contribution in [3.05, 3.63) is 35.2 Å². The first-order chi connectivity index (χ1) is 10.5. The quantitative estimate of drug-likeness (QED) is 0.762. The highest BCUT2D eigenvalue weighted by molar-refractivity contribution is 6.99. The van der Waals surface area contributed by atoms with Crippen molar-refractivity contribution in [3.8, 4) is 0 Å². The summed E-state index contributed by atoms with van der Waals surface area (Å²) in [4.78, 5) is 12.2. The van der Waals surface area contributed by atoms with E-state index < -0.39 is 0 Å². The lowest BCUT2D eigenvalue weighted by atomic mass is 10.3. The molecule has 0 saturated heterocycles. The number of anilines is 1. The second kappa shape index (κ2) is 5.64. The van der Waals surface area contributed by atoms with Gasteiger partial charge in [-0.2, -0.15) is 13.8 Å². The van der Waals surface area contributed by atoms with Crippen LogP contribution in [0.2, 0.25) is 0 Å². The zero-order valence-electron chi connectivity index (χ0n) is 12.3. The van der Waals surface area contributed by atoms with Gasteiger partial charge in [0, 0.05) is 13.2 Å². The smallest absolute Gasteiger partial charge is 0.278 e. The Hall–Kier alpha value is -2.62. The van der Waals surface area contributed by atoms with Gasteiger partial charge in [-0.05, 0) is 13.8 Å². The normalized spacial score (nSPS) is 10.9. The van der Waals surface area contributed by atoms with Crippen LogP contribution in [0, 0.1) is 13.8 Å². The van der Waals surface area contributed by atoms with Gasteiger partial charge in [-0.15, -0.1) is 5.10 Å². The molecule has 0 fully saturated rings. The summed E-state index contributed by atoms with van der Waals surface area (Å²) in [7, 11) is 1.78. The molecule has 0 spiro atoms. The van der Waals surface area contributed by atoms with Crippen LogP contribution in [0.1, 0.15) is 27.6 Å². The predicted molar refractivity (Wildman–Crippen MR) is 79.7 cm³/mol. The number of carbonyl (C=O) groups excluding carboxylic acids is 1. The van der Waals surface area contributed by atoms with Gasteiger partial charge < -0.3 is 5.32 Å². The molecule has 0 atom stereocenters. The summed E-state index contributed by atoms with van der Waals surface area (Å²) in [6, 6.07) is 0. The zero-order valence-corrected chi connectivity index (χ0v) is 13.1. The van der Waals surface area contributed by atoms with Gasteiger partial charge >= 0.3 is 0 Å². The molecule has 1 N–H and O–H groups in total. The second-order valence-electron chi connectivity index (χ2n) is 4.83. The molecule has 3 rings (SSSR count). The van der Waals surface area contributed by atoms with E-state index in [4.69, 9.17) is 0 Å². The highest BCUT2D eigenvalue weighted by Gasteiger charge is 2.18. The van der Waals surface area contributed by atoms with Crippen LogP contribution in [0.5, 0.6) is 0 Å². The molecule has 0 aliphatic heterocycles. The van der Waals surface area contributed by atoms with Gasteiger partial charge in [-0.25, -0.2) is 4.68 Å². The fourth-order valence-electron chi connectivity index (χ4n) is 1.93. The number of nitrogens with zero attached hydrogens (tertiary/aromatic N) is 7. The average molecular weight is 318 g/mol. The number of hydrogen-bond donors (Lipinski definition) is 1. The summed E-state index contributed by atoms with van der Waals surface area (Å²) in [5, 5.41) is 14.7. The maximum atomic E-state index is 12.2. The Morgan fingerprint density at radius 3 is 2.82 bits per heavy atom. The molecule has 3 heterocycles. The lowest BCUT2D eigenvalue weighted by Gasteiger charge is -2.02. The third-order valence-electron chi connectivity index (χ3n) is 3.21. The Kier molecular flexibility index (Phi) is 3.67. The third kappa shape index (κ3) is 2.72. The van der Waals surface area contributed by atoms with Crippen molar-refractivity contribution in [2.75, 3.05) is 5.32 Å². The summed E-state index contributed by atoms with van der Waals surface area (Å²) in [6.07, 6.45) is 3.28. The molecule has 0 unspecified atom stereocenters. The van der Waals surface area contributed by atoms with Crippen LogP contribution >= 0.6 is 11.7 Å². The third-order valence-corrected chi connectivity index (χ3v) is 3.86. The predicted octanol–water partition coefficient (Wildman–Crippen LogP) is 0.781. The molecule has 0 aromatic carbocycles. The molecule has 0 bridgehead atoms. The molecule has 3 aromatic rings. The Bertz CT molecular complexity index is 817. The van der Waals surface area contributed by atoms with Crippen molar-refractivity contribution in [2.45, 2.75) is 20.4 Å². The first kappa shape index (κ1) is 14.3. The van der Waals surface area contributed by atoms with E-state index in [0.717, 1.165) is 23.1 Å². The first-order valence-corrected chi connectivity index (χ1v) is 7.25. The fourth-order valence-corrected chi connectivity index (χ4v) is 2.49. The van der Waals surface area contributed by atoms with Crippen molar-refractivity contribution in [1.29, 1.82) is 0 Å². The van der Waals surface area contributed by atoms with Crippen molar-refractivity contribution < 1.29 is 4.79 Å². The summed E-state index contributed by atoms with van der Waals surface area (Å²) in [5.41, 5.74) is 3.26. The van der Waals surface area contributed by atoms with Crippen LogP contribution in [0.25, 0.3) is 0 Å². The van der Waals surface area contributed by atoms with E-state index in [2.05, 4.69) is 29.5 Å². The van der Waals surface area contributed by atoms with Crippen LogP contribution in [0.15, 0.2) is 12.4 Å². The Labute approximate surface area is 130 Å². The Morgan fingerprint density at radius 1 is 1.36 bits per heavy atom. The molecule has 0 aliphatic carbocycles. The molecule has 0 radical (unpaired) electrons. The first-order valence-electron chi connectivity index (χ1n) is 6.52. The minimum Gasteiger partial charge on any atom is -0.318 e. The van der Waals surface area contributed by atoms with E-state index in [1.165, 1.54) is 0 Å². The molecule has 1 amide bonds. The van der Waals surface area contributed by atoms with Gasteiger partial charge in [0.2, 0.25) is 0 Å².